The number of anilines is 5. The van der Waals surface area contributed by atoms with Gasteiger partial charge in [0, 0.05) is 63.7 Å². The molecule has 1 saturated heterocycles. The molecule has 0 radical (unpaired) electrons. The van der Waals surface area contributed by atoms with E-state index in [-0.39, 0.29) is 29.4 Å². The SMILES string of the molecule is COc1cc(N(C)CCN(C)C)c(NC(C)=O)cc1Nc1nccc(C(=O)c2ccc(N3CCC[C@@H](O)C3)cc2)n1. The van der Waals surface area contributed by atoms with E-state index in [1.807, 2.05) is 44.2 Å². The minimum absolute atomic E-state index is 0.199. The monoisotopic (exact) mass is 561 g/mol. The second kappa shape index (κ2) is 13.4. The number of nitrogens with zero attached hydrogens (tertiary/aromatic N) is 5. The van der Waals surface area contributed by atoms with Crippen LogP contribution in [0.25, 0.3) is 0 Å². The van der Waals surface area contributed by atoms with Crippen molar-refractivity contribution in [3.05, 3.63) is 59.9 Å². The highest BCUT2D eigenvalue weighted by Gasteiger charge is 2.20. The quantitative estimate of drug-likeness (QED) is 0.300. The standard InChI is InChI=1S/C30H39N7O4/c1-20(38)32-25-17-26(28(41-5)18-27(25)36(4)16-15-35(2)3)34-30-31-13-12-24(33-30)29(40)21-8-10-22(11-9-21)37-14-6-7-23(39)19-37/h8-13,17-18,23,39H,6-7,14-16,19H2,1-5H3,(H,32,38)(H,31,33,34)/t23-/m1/s1. The third-order valence-corrected chi connectivity index (χ3v) is 6.95. The summed E-state index contributed by atoms with van der Waals surface area (Å²) in [6.45, 7) is 4.50. The molecule has 2 aromatic carbocycles. The Morgan fingerprint density at radius 1 is 1.10 bits per heavy atom. The van der Waals surface area contributed by atoms with Gasteiger partial charge in [0.15, 0.2) is 0 Å². The molecule has 1 aromatic heterocycles. The number of carbonyl (C=O) groups excluding carboxylic acids is 2. The molecular weight excluding hydrogens is 522 g/mol. The summed E-state index contributed by atoms with van der Waals surface area (Å²) >= 11 is 0. The van der Waals surface area contributed by atoms with Crippen molar-refractivity contribution in [3.8, 4) is 5.75 Å². The number of piperidine rings is 1. The third kappa shape index (κ3) is 7.71. The normalized spacial score (nSPS) is 15.0. The van der Waals surface area contributed by atoms with Crippen LogP contribution < -0.4 is 25.2 Å². The van der Waals surface area contributed by atoms with E-state index in [9.17, 15) is 14.7 Å². The molecule has 1 fully saturated rings. The first-order valence-electron chi connectivity index (χ1n) is 13.7. The van der Waals surface area contributed by atoms with Crippen LogP contribution in [0.2, 0.25) is 0 Å². The molecular formula is C30H39N7O4. The second-order valence-corrected chi connectivity index (χ2v) is 10.5. The number of aliphatic hydroxyl groups excluding tert-OH is 1. The van der Waals surface area contributed by atoms with Crippen LogP contribution in [0, 0.1) is 0 Å². The number of ketones is 1. The zero-order chi connectivity index (χ0) is 29.5. The Labute approximate surface area is 241 Å². The predicted octanol–water partition coefficient (Wildman–Crippen LogP) is 3.38. The minimum atomic E-state index is -0.329. The van der Waals surface area contributed by atoms with E-state index in [4.69, 9.17) is 4.74 Å². The van der Waals surface area contributed by atoms with E-state index >= 15 is 0 Å². The largest absolute Gasteiger partial charge is 0.494 e. The first-order valence-corrected chi connectivity index (χ1v) is 13.7. The highest BCUT2D eigenvalue weighted by molar-refractivity contribution is 6.08. The molecule has 0 bridgehead atoms. The van der Waals surface area contributed by atoms with Gasteiger partial charge in [0.05, 0.1) is 30.3 Å². The molecule has 11 heteroatoms. The lowest BCUT2D eigenvalue weighted by Gasteiger charge is -2.32. The van der Waals surface area contributed by atoms with E-state index in [0.29, 0.717) is 29.2 Å². The van der Waals surface area contributed by atoms with Crippen molar-refractivity contribution >= 4 is 40.4 Å². The number of methoxy groups -OCH3 is 1. The molecule has 0 saturated carbocycles. The number of nitrogens with one attached hydrogen (secondary N) is 2. The summed E-state index contributed by atoms with van der Waals surface area (Å²) in [5.74, 6) is 0.319. The van der Waals surface area contributed by atoms with Crippen LogP contribution in [0.15, 0.2) is 48.7 Å². The van der Waals surface area contributed by atoms with Crippen LogP contribution in [-0.2, 0) is 4.79 Å². The number of carbonyl (C=O) groups is 2. The summed E-state index contributed by atoms with van der Waals surface area (Å²) in [6, 6.07) is 12.6. The maximum Gasteiger partial charge on any atom is 0.227 e. The van der Waals surface area contributed by atoms with Gasteiger partial charge in [-0.1, -0.05) is 0 Å². The number of likely N-dealkylation sites (N-methyl/N-ethyl adjacent to an activating group) is 2. The average Bonchev–Trinajstić information content (AvgIpc) is 2.95. The molecule has 1 amide bonds. The lowest BCUT2D eigenvalue weighted by atomic mass is 10.0. The summed E-state index contributed by atoms with van der Waals surface area (Å²) in [4.78, 5) is 40.3. The molecule has 0 unspecified atom stereocenters. The number of rotatable bonds is 11. The number of β-amino-alcohol motifs (C(OH)–C–C–N with tert-alkyl or cyclic N) is 1. The maximum absolute atomic E-state index is 13.3. The molecule has 3 N–H and O–H groups in total. The fourth-order valence-corrected chi connectivity index (χ4v) is 4.74. The van der Waals surface area contributed by atoms with Gasteiger partial charge >= 0.3 is 0 Å². The highest BCUT2D eigenvalue weighted by atomic mass is 16.5. The van der Waals surface area contributed by atoms with Crippen molar-refractivity contribution in [2.75, 3.05) is 74.9 Å². The van der Waals surface area contributed by atoms with Gasteiger partial charge in [-0.15, -0.1) is 0 Å². The third-order valence-electron chi connectivity index (χ3n) is 6.95. The average molecular weight is 562 g/mol. The molecule has 2 heterocycles. The zero-order valence-corrected chi connectivity index (χ0v) is 24.3. The van der Waals surface area contributed by atoms with Crippen LogP contribution in [0.3, 0.4) is 0 Å². The van der Waals surface area contributed by atoms with Crippen molar-refractivity contribution in [2.45, 2.75) is 25.9 Å². The smallest absolute Gasteiger partial charge is 0.227 e. The lowest BCUT2D eigenvalue weighted by Crippen LogP contribution is -2.38. The predicted molar refractivity (Wildman–Crippen MR) is 162 cm³/mol. The van der Waals surface area contributed by atoms with E-state index in [0.717, 1.165) is 43.9 Å². The van der Waals surface area contributed by atoms with Crippen molar-refractivity contribution in [3.63, 3.8) is 0 Å². The Kier molecular flexibility index (Phi) is 9.74. The molecule has 11 nitrogen and oxygen atoms in total. The Morgan fingerprint density at radius 2 is 1.85 bits per heavy atom. The summed E-state index contributed by atoms with van der Waals surface area (Å²) < 4.78 is 5.65. The molecule has 0 aliphatic carbocycles. The second-order valence-electron chi connectivity index (χ2n) is 10.5. The van der Waals surface area contributed by atoms with Gasteiger partial charge in [-0.3, -0.25) is 9.59 Å². The summed E-state index contributed by atoms with van der Waals surface area (Å²) in [5.41, 5.74) is 3.67. The van der Waals surface area contributed by atoms with Crippen molar-refractivity contribution in [1.29, 1.82) is 0 Å². The van der Waals surface area contributed by atoms with Crippen molar-refractivity contribution in [1.82, 2.24) is 14.9 Å². The minimum Gasteiger partial charge on any atom is -0.494 e. The number of aromatic nitrogens is 2. The van der Waals surface area contributed by atoms with E-state index < -0.39 is 0 Å². The van der Waals surface area contributed by atoms with Crippen LogP contribution in [0.5, 0.6) is 5.75 Å². The van der Waals surface area contributed by atoms with Gasteiger partial charge in [-0.25, -0.2) is 9.97 Å². The number of ether oxygens (including phenoxy) is 1. The summed E-state index contributed by atoms with van der Waals surface area (Å²) in [7, 11) is 7.53. The fraction of sp³-hybridized carbons (Fsp3) is 0.400. The molecule has 41 heavy (non-hydrogen) atoms. The first kappa shape index (κ1) is 29.8. The Morgan fingerprint density at radius 3 is 2.51 bits per heavy atom. The Balaban J connectivity index is 1.55. The van der Waals surface area contributed by atoms with E-state index in [2.05, 4.69) is 30.4 Å². The van der Waals surface area contributed by atoms with Crippen molar-refractivity contribution in [2.24, 2.45) is 0 Å². The Hall–Kier alpha value is -4.22. The molecule has 1 atom stereocenters. The van der Waals surface area contributed by atoms with Gasteiger partial charge in [-0.2, -0.15) is 0 Å². The summed E-state index contributed by atoms with van der Waals surface area (Å²) in [5, 5.41) is 16.0. The number of benzene rings is 2. The molecule has 1 aliphatic rings. The lowest BCUT2D eigenvalue weighted by molar-refractivity contribution is -0.114. The van der Waals surface area contributed by atoms with Crippen molar-refractivity contribution < 1.29 is 19.4 Å². The van der Waals surface area contributed by atoms with Crippen LogP contribution in [0.1, 0.15) is 35.8 Å². The number of aliphatic hydroxyl groups is 1. The van der Waals surface area contributed by atoms with Gasteiger partial charge in [0.1, 0.15) is 11.4 Å². The zero-order valence-electron chi connectivity index (χ0n) is 24.3. The van der Waals surface area contributed by atoms with Gasteiger partial charge in [0.2, 0.25) is 17.6 Å². The number of hydrogen-bond donors (Lipinski definition) is 3. The van der Waals surface area contributed by atoms with Crippen LogP contribution in [-0.4, -0.2) is 92.2 Å². The van der Waals surface area contributed by atoms with Crippen LogP contribution in [0.4, 0.5) is 28.7 Å². The molecule has 218 valence electrons. The van der Waals surface area contributed by atoms with E-state index in [1.54, 1.807) is 31.4 Å². The van der Waals surface area contributed by atoms with Gasteiger partial charge in [-0.05, 0) is 63.3 Å². The number of hydrogen-bond acceptors (Lipinski definition) is 10. The molecule has 0 spiro atoms. The van der Waals surface area contributed by atoms with Crippen LogP contribution >= 0.6 is 0 Å². The molecule has 3 aromatic rings. The molecule has 1 aliphatic heterocycles. The first-order chi connectivity index (χ1) is 19.6. The fourth-order valence-electron chi connectivity index (χ4n) is 4.74. The molecule has 4 rings (SSSR count). The highest BCUT2D eigenvalue weighted by Crippen LogP contribution is 2.38. The maximum atomic E-state index is 13.3. The topological polar surface area (TPSA) is 123 Å². The van der Waals surface area contributed by atoms with Gasteiger partial charge < -0.3 is 35.2 Å². The summed E-state index contributed by atoms with van der Waals surface area (Å²) in [6.07, 6.45) is 2.95. The Bertz CT molecular complexity index is 1360. The van der Waals surface area contributed by atoms with E-state index in [1.165, 1.54) is 13.1 Å². The number of amides is 1. The van der Waals surface area contributed by atoms with Gasteiger partial charge in [0.25, 0.3) is 0 Å².